The van der Waals surface area contributed by atoms with Crippen LogP contribution < -0.4 is 5.32 Å². The van der Waals surface area contributed by atoms with Gasteiger partial charge in [-0.3, -0.25) is 0 Å². The van der Waals surface area contributed by atoms with Crippen molar-refractivity contribution in [2.24, 2.45) is 0 Å². The maximum absolute atomic E-state index is 12.8. The van der Waals surface area contributed by atoms with E-state index >= 15 is 0 Å². The number of hydrogen-bond acceptors (Lipinski definition) is 2. The maximum atomic E-state index is 12.8. The Hall–Kier alpha value is -0.710. The average molecular weight is 403 g/mol. The van der Waals surface area contributed by atoms with Gasteiger partial charge < -0.3 is 10.1 Å². The van der Waals surface area contributed by atoms with Crippen LogP contribution in [-0.4, -0.2) is 41.8 Å². The largest absolute Gasteiger partial charge is 0.435 e. The highest BCUT2D eigenvalue weighted by atomic mass is 19.4. The Morgan fingerprint density at radius 3 is 1.54 bits per heavy atom. The minimum absolute atomic E-state index is 0.329. The van der Waals surface area contributed by atoms with Crippen LogP contribution in [0.5, 0.6) is 0 Å². The summed E-state index contributed by atoms with van der Waals surface area (Å²) in [6.07, 6.45) is -18.1. The van der Waals surface area contributed by atoms with Crippen LogP contribution in [0.3, 0.4) is 0 Å². The number of hydrogen-bond donors (Lipinski definition) is 1. The Morgan fingerprint density at radius 1 is 0.808 bits per heavy atom. The van der Waals surface area contributed by atoms with Gasteiger partial charge in [-0.2, -0.15) is 39.5 Å². The summed E-state index contributed by atoms with van der Waals surface area (Å²) in [6.45, 7) is 3.97. The van der Waals surface area contributed by atoms with Crippen molar-refractivity contribution in [1.82, 2.24) is 5.32 Å². The van der Waals surface area contributed by atoms with Crippen LogP contribution in [0.2, 0.25) is 0 Å². The summed E-state index contributed by atoms with van der Waals surface area (Å²) in [5, 5.41) is 3.16. The van der Waals surface area contributed by atoms with Crippen LogP contribution in [0, 0.1) is 0 Å². The van der Waals surface area contributed by atoms with E-state index < -0.39 is 42.7 Å². The molecule has 156 valence electrons. The van der Waals surface area contributed by atoms with Crippen LogP contribution in [0.1, 0.15) is 52.9 Å². The van der Waals surface area contributed by atoms with Crippen LogP contribution in [-0.2, 0) is 4.74 Å². The number of alkyl halides is 9. The van der Waals surface area contributed by atoms with E-state index in [1.165, 1.54) is 0 Å². The van der Waals surface area contributed by atoms with Crippen molar-refractivity contribution in [1.29, 1.82) is 0 Å². The summed E-state index contributed by atoms with van der Waals surface area (Å²) in [7, 11) is 0. The lowest BCUT2D eigenvalue weighted by molar-refractivity contribution is -0.457. The Labute approximate surface area is 145 Å². The van der Waals surface area contributed by atoms with Crippen molar-refractivity contribution in [3.63, 3.8) is 0 Å². The fourth-order valence-electron chi connectivity index (χ4n) is 3.41. The number of halogens is 9. The van der Waals surface area contributed by atoms with E-state index in [0.717, 1.165) is 0 Å². The van der Waals surface area contributed by atoms with Gasteiger partial charge in [0.1, 0.15) is 0 Å². The molecule has 1 aliphatic rings. The zero-order valence-corrected chi connectivity index (χ0v) is 14.6. The third kappa shape index (κ3) is 4.07. The summed E-state index contributed by atoms with van der Waals surface area (Å²) in [5.74, 6) is 0. The molecule has 0 aromatic rings. The topological polar surface area (TPSA) is 21.3 Å². The molecule has 1 saturated heterocycles. The third-order valence-corrected chi connectivity index (χ3v) is 5.25. The summed E-state index contributed by atoms with van der Waals surface area (Å²) >= 11 is 0. The minimum atomic E-state index is -6.69. The molecule has 1 unspecified atom stereocenters. The van der Waals surface area contributed by atoms with Crippen molar-refractivity contribution in [2.45, 2.75) is 88.1 Å². The molecule has 1 heterocycles. The predicted octanol–water partition coefficient (Wildman–Crippen LogP) is 5.52. The maximum Gasteiger partial charge on any atom is 0.435 e. The molecule has 26 heavy (non-hydrogen) atoms. The zero-order valence-electron chi connectivity index (χ0n) is 14.6. The molecule has 1 aliphatic heterocycles. The summed E-state index contributed by atoms with van der Waals surface area (Å²) in [6, 6.07) is 0. The highest BCUT2D eigenvalue weighted by Gasteiger charge is 2.85. The molecule has 0 bridgehead atoms. The van der Waals surface area contributed by atoms with E-state index in [1.54, 1.807) is 6.92 Å². The fourth-order valence-corrected chi connectivity index (χ4v) is 3.41. The molecule has 0 amide bonds. The lowest BCUT2D eigenvalue weighted by Crippen LogP contribution is -2.68. The molecule has 1 N–H and O–H groups in total. The molecule has 2 nitrogen and oxygen atoms in total. The van der Waals surface area contributed by atoms with E-state index in [0.29, 0.717) is 25.7 Å². The summed E-state index contributed by atoms with van der Waals surface area (Å²) < 4.78 is 119. The van der Waals surface area contributed by atoms with Gasteiger partial charge in [0, 0.05) is 11.1 Å². The first-order valence-corrected chi connectivity index (χ1v) is 8.13. The SMILES string of the molecule is CCC1(CC)CCC(C)(CCOC(C(F)(F)F)(C(F)(F)F)C(F)(F)F)N1. The molecule has 11 heteroatoms. The van der Waals surface area contributed by atoms with Crippen molar-refractivity contribution < 1.29 is 44.3 Å². The van der Waals surface area contributed by atoms with Crippen molar-refractivity contribution in [3.8, 4) is 0 Å². The predicted molar refractivity (Wildman–Crippen MR) is 75.6 cm³/mol. The second-order valence-corrected chi connectivity index (χ2v) is 6.95. The first-order valence-electron chi connectivity index (χ1n) is 8.13. The van der Waals surface area contributed by atoms with Crippen LogP contribution in [0.25, 0.3) is 0 Å². The van der Waals surface area contributed by atoms with Crippen molar-refractivity contribution in [2.75, 3.05) is 6.61 Å². The van der Waals surface area contributed by atoms with Crippen LogP contribution >= 0.6 is 0 Å². The molecule has 0 spiro atoms. The second kappa shape index (κ2) is 7.03. The molecule has 0 aromatic carbocycles. The van der Waals surface area contributed by atoms with Crippen LogP contribution in [0.15, 0.2) is 0 Å². The van der Waals surface area contributed by atoms with E-state index in [9.17, 15) is 39.5 Å². The van der Waals surface area contributed by atoms with Gasteiger partial charge in [0.15, 0.2) is 0 Å². The molecule has 1 rings (SSSR count). The molecular weight excluding hydrogens is 381 g/mol. The fraction of sp³-hybridized carbons (Fsp3) is 1.00. The lowest BCUT2D eigenvalue weighted by atomic mass is 9.91. The van der Waals surface area contributed by atoms with Gasteiger partial charge in [-0.15, -0.1) is 0 Å². The van der Waals surface area contributed by atoms with E-state index in [1.807, 2.05) is 13.8 Å². The highest BCUT2D eigenvalue weighted by Crippen LogP contribution is 2.55. The standard InChI is InChI=1S/C15H22F9NO/c1-4-11(5-2)7-6-10(3,25-11)8-9-26-12(13(16,17)18,14(19,20)21)15(22,23)24/h25H,4-9H2,1-3H3. The molecule has 0 radical (unpaired) electrons. The molecule has 1 atom stereocenters. The van der Waals surface area contributed by atoms with Gasteiger partial charge in [-0.25, -0.2) is 0 Å². The van der Waals surface area contributed by atoms with E-state index in [-0.39, 0.29) is 5.54 Å². The highest BCUT2D eigenvalue weighted by molar-refractivity contribution is 5.05. The van der Waals surface area contributed by atoms with Gasteiger partial charge >= 0.3 is 24.1 Å². The lowest BCUT2D eigenvalue weighted by Gasteiger charge is -2.39. The third-order valence-electron chi connectivity index (χ3n) is 5.25. The normalized spacial score (nSPS) is 24.9. The average Bonchev–Trinajstić information content (AvgIpc) is 2.78. The molecule has 0 aliphatic carbocycles. The summed E-state index contributed by atoms with van der Waals surface area (Å²) in [5.41, 5.74) is -7.43. The Balaban J connectivity index is 3.00. The van der Waals surface area contributed by atoms with Gasteiger partial charge in [0.2, 0.25) is 0 Å². The number of rotatable bonds is 6. The van der Waals surface area contributed by atoms with Gasteiger partial charge in [-0.1, -0.05) is 13.8 Å². The van der Waals surface area contributed by atoms with Crippen LogP contribution in [0.4, 0.5) is 39.5 Å². The Kier molecular flexibility index (Phi) is 6.31. The minimum Gasteiger partial charge on any atom is -0.351 e. The van der Waals surface area contributed by atoms with Gasteiger partial charge in [0.05, 0.1) is 6.61 Å². The number of nitrogens with one attached hydrogen (secondary N) is 1. The van der Waals surface area contributed by atoms with E-state index in [2.05, 4.69) is 10.1 Å². The number of ether oxygens (including phenoxy) is 1. The van der Waals surface area contributed by atoms with E-state index in [4.69, 9.17) is 0 Å². The smallest absolute Gasteiger partial charge is 0.351 e. The molecule has 0 aromatic heterocycles. The molecule has 0 saturated carbocycles. The van der Waals surface area contributed by atoms with Crippen molar-refractivity contribution in [3.05, 3.63) is 0 Å². The quantitative estimate of drug-likeness (QED) is 0.590. The van der Waals surface area contributed by atoms with Gasteiger partial charge in [-0.05, 0) is 39.0 Å². The molecular formula is C15H22F9NO. The summed E-state index contributed by atoms with van der Waals surface area (Å²) in [4.78, 5) is 0. The first kappa shape index (κ1) is 23.3. The molecule has 1 fully saturated rings. The Morgan fingerprint density at radius 2 is 1.23 bits per heavy atom. The second-order valence-electron chi connectivity index (χ2n) is 6.95. The van der Waals surface area contributed by atoms with Gasteiger partial charge in [0.25, 0.3) is 0 Å². The Bertz CT molecular complexity index is 443. The monoisotopic (exact) mass is 403 g/mol. The van der Waals surface area contributed by atoms with Crippen molar-refractivity contribution >= 4 is 0 Å². The zero-order chi connectivity index (χ0) is 20.7. The first-order chi connectivity index (χ1) is 11.5.